The molecule has 1 aliphatic rings. The summed E-state index contributed by atoms with van der Waals surface area (Å²) in [5.41, 5.74) is 0.449. The van der Waals surface area contributed by atoms with Gasteiger partial charge in [-0.3, -0.25) is 4.79 Å². The van der Waals surface area contributed by atoms with Crippen LogP contribution in [-0.2, 0) is 0 Å². The third-order valence-corrected chi connectivity index (χ3v) is 3.08. The zero-order valence-corrected chi connectivity index (χ0v) is 12.4. The largest absolute Gasteiger partial charge is 0.474 e. The summed E-state index contributed by atoms with van der Waals surface area (Å²) in [6.45, 7) is 4.75. The van der Waals surface area contributed by atoms with Gasteiger partial charge in [0.05, 0.1) is 12.1 Å². The average molecular weight is 292 g/mol. The molecule has 114 valence electrons. The Balaban J connectivity index is 1.98. The lowest BCUT2D eigenvalue weighted by molar-refractivity contribution is 0.0570. The lowest BCUT2D eigenvalue weighted by atomic mass is 10.1. The van der Waals surface area contributed by atoms with E-state index in [0.717, 1.165) is 0 Å². The highest BCUT2D eigenvalue weighted by atomic mass is 16.5. The van der Waals surface area contributed by atoms with Crippen LogP contribution in [-0.4, -0.2) is 54.1 Å². The minimum absolute atomic E-state index is 0.0139. The van der Waals surface area contributed by atoms with Gasteiger partial charge < -0.3 is 20.3 Å². The summed E-state index contributed by atoms with van der Waals surface area (Å²) in [7, 11) is 1.56. The van der Waals surface area contributed by atoms with Gasteiger partial charge in [0.1, 0.15) is 5.56 Å². The Hall–Kier alpha value is -2.31. The van der Waals surface area contributed by atoms with Crippen LogP contribution in [0.15, 0.2) is 18.3 Å². The average Bonchev–Trinajstić information content (AvgIpc) is 2.41. The monoisotopic (exact) mass is 292 g/mol. The fourth-order valence-electron chi connectivity index (χ4n) is 2.03. The number of rotatable bonds is 4. The van der Waals surface area contributed by atoms with Gasteiger partial charge in [0.15, 0.2) is 0 Å². The van der Waals surface area contributed by atoms with Crippen LogP contribution in [0.25, 0.3) is 0 Å². The van der Waals surface area contributed by atoms with Gasteiger partial charge >= 0.3 is 6.03 Å². The van der Waals surface area contributed by atoms with E-state index >= 15 is 0 Å². The number of amides is 3. The molecular weight excluding hydrogens is 272 g/mol. The number of ether oxygens (including phenoxy) is 1. The Morgan fingerprint density at radius 2 is 2.14 bits per heavy atom. The van der Waals surface area contributed by atoms with Crippen LogP contribution in [0, 0.1) is 0 Å². The molecule has 0 radical (unpaired) electrons. The van der Waals surface area contributed by atoms with Crippen LogP contribution < -0.4 is 15.4 Å². The molecule has 7 heteroatoms. The summed E-state index contributed by atoms with van der Waals surface area (Å²) in [5, 5.41) is 5.25. The second-order valence-electron chi connectivity index (χ2n) is 5.15. The van der Waals surface area contributed by atoms with Crippen molar-refractivity contribution in [1.29, 1.82) is 0 Å². The lowest BCUT2D eigenvalue weighted by Gasteiger charge is -2.39. The molecule has 1 aromatic rings. The van der Waals surface area contributed by atoms with Crippen molar-refractivity contribution in [2.45, 2.75) is 26.0 Å². The van der Waals surface area contributed by atoms with E-state index in [2.05, 4.69) is 15.6 Å². The van der Waals surface area contributed by atoms with E-state index in [0.29, 0.717) is 24.5 Å². The highest BCUT2D eigenvalue weighted by Gasteiger charge is 2.33. The predicted molar refractivity (Wildman–Crippen MR) is 77.3 cm³/mol. The SMILES string of the molecule is CNC(=O)NC1CN(C(=O)c2cccnc2OC(C)C)C1. The van der Waals surface area contributed by atoms with E-state index in [1.807, 2.05) is 13.8 Å². The number of urea groups is 1. The van der Waals surface area contributed by atoms with Crippen LogP contribution in [0.2, 0.25) is 0 Å². The van der Waals surface area contributed by atoms with Crippen molar-refractivity contribution in [2.24, 2.45) is 0 Å². The van der Waals surface area contributed by atoms with Crippen LogP contribution in [0.1, 0.15) is 24.2 Å². The number of carbonyl (C=O) groups excluding carboxylic acids is 2. The van der Waals surface area contributed by atoms with Gasteiger partial charge in [-0.25, -0.2) is 9.78 Å². The fourth-order valence-corrected chi connectivity index (χ4v) is 2.03. The van der Waals surface area contributed by atoms with Crippen LogP contribution >= 0.6 is 0 Å². The molecule has 0 aromatic carbocycles. The second-order valence-corrected chi connectivity index (χ2v) is 5.15. The number of likely N-dealkylation sites (tertiary alicyclic amines) is 1. The van der Waals surface area contributed by atoms with Crippen molar-refractivity contribution in [3.05, 3.63) is 23.9 Å². The molecule has 2 N–H and O–H groups in total. The number of pyridine rings is 1. The molecule has 7 nitrogen and oxygen atoms in total. The maximum atomic E-state index is 12.4. The highest BCUT2D eigenvalue weighted by Crippen LogP contribution is 2.21. The normalized spacial score (nSPS) is 14.6. The second kappa shape index (κ2) is 6.43. The summed E-state index contributed by atoms with van der Waals surface area (Å²) in [6, 6.07) is 3.16. The number of nitrogens with one attached hydrogen (secondary N) is 2. The number of carbonyl (C=O) groups is 2. The number of hydrogen-bond donors (Lipinski definition) is 2. The fraction of sp³-hybridized carbons (Fsp3) is 0.500. The first-order valence-corrected chi connectivity index (χ1v) is 6.90. The Labute approximate surface area is 123 Å². The van der Waals surface area contributed by atoms with Crippen molar-refractivity contribution in [1.82, 2.24) is 20.5 Å². The van der Waals surface area contributed by atoms with Gasteiger partial charge in [-0.2, -0.15) is 0 Å². The summed E-state index contributed by atoms with van der Waals surface area (Å²) >= 11 is 0. The summed E-state index contributed by atoms with van der Waals surface area (Å²) in [4.78, 5) is 29.4. The van der Waals surface area contributed by atoms with Crippen LogP contribution in [0.3, 0.4) is 0 Å². The maximum absolute atomic E-state index is 12.4. The zero-order valence-electron chi connectivity index (χ0n) is 12.4. The van der Waals surface area contributed by atoms with Crippen LogP contribution in [0.5, 0.6) is 5.88 Å². The molecule has 0 unspecified atom stereocenters. The van der Waals surface area contributed by atoms with E-state index in [9.17, 15) is 9.59 Å². The molecule has 2 rings (SSSR count). The first-order chi connectivity index (χ1) is 10.0. The van der Waals surface area contributed by atoms with Crippen LogP contribution in [0.4, 0.5) is 4.79 Å². The molecule has 1 saturated heterocycles. The minimum Gasteiger partial charge on any atom is -0.474 e. The van der Waals surface area contributed by atoms with Gasteiger partial charge in [0.2, 0.25) is 5.88 Å². The molecule has 21 heavy (non-hydrogen) atoms. The first kappa shape index (κ1) is 15.1. The van der Waals surface area contributed by atoms with Crippen molar-refractivity contribution < 1.29 is 14.3 Å². The van der Waals surface area contributed by atoms with E-state index in [1.165, 1.54) is 0 Å². The van der Waals surface area contributed by atoms with Crippen molar-refractivity contribution in [3.8, 4) is 5.88 Å². The highest BCUT2D eigenvalue weighted by molar-refractivity contribution is 5.97. The molecule has 3 amide bonds. The number of hydrogen-bond acceptors (Lipinski definition) is 4. The molecule has 0 saturated carbocycles. The standard InChI is InChI=1S/C14H20N4O3/c1-9(2)21-12-11(5-4-6-16-12)13(19)18-7-10(8-18)17-14(20)15-3/h4-6,9-10H,7-8H2,1-3H3,(H2,15,17,20). The Bertz CT molecular complexity index is 527. The molecule has 0 bridgehead atoms. The quantitative estimate of drug-likeness (QED) is 0.852. The van der Waals surface area contributed by atoms with E-state index in [4.69, 9.17) is 4.74 Å². The molecule has 0 aliphatic carbocycles. The van der Waals surface area contributed by atoms with Gasteiger partial charge in [-0.15, -0.1) is 0 Å². The van der Waals surface area contributed by atoms with Gasteiger partial charge in [0.25, 0.3) is 5.91 Å². The zero-order chi connectivity index (χ0) is 15.4. The molecule has 1 aromatic heterocycles. The molecule has 1 fully saturated rings. The van der Waals surface area contributed by atoms with Gasteiger partial charge in [-0.05, 0) is 26.0 Å². The molecule has 1 aliphatic heterocycles. The van der Waals surface area contributed by atoms with Crippen molar-refractivity contribution in [3.63, 3.8) is 0 Å². The van der Waals surface area contributed by atoms with E-state index < -0.39 is 0 Å². The first-order valence-electron chi connectivity index (χ1n) is 6.90. The predicted octanol–water partition coefficient (Wildman–Crippen LogP) is 0.622. The van der Waals surface area contributed by atoms with Gasteiger partial charge in [0, 0.05) is 26.3 Å². The lowest BCUT2D eigenvalue weighted by Crippen LogP contribution is -2.62. The maximum Gasteiger partial charge on any atom is 0.314 e. The molecule has 2 heterocycles. The van der Waals surface area contributed by atoms with Gasteiger partial charge in [-0.1, -0.05) is 0 Å². The van der Waals surface area contributed by atoms with E-state index in [1.54, 1.807) is 30.3 Å². The molecule has 0 spiro atoms. The Morgan fingerprint density at radius 1 is 1.43 bits per heavy atom. The smallest absolute Gasteiger partial charge is 0.314 e. The third kappa shape index (κ3) is 3.62. The van der Waals surface area contributed by atoms with Crippen molar-refractivity contribution in [2.75, 3.05) is 20.1 Å². The Kier molecular flexibility index (Phi) is 4.62. The number of nitrogens with zero attached hydrogens (tertiary/aromatic N) is 2. The number of aromatic nitrogens is 1. The summed E-state index contributed by atoms with van der Waals surface area (Å²) in [6.07, 6.45) is 1.55. The Morgan fingerprint density at radius 3 is 2.76 bits per heavy atom. The van der Waals surface area contributed by atoms with Crippen molar-refractivity contribution >= 4 is 11.9 Å². The van der Waals surface area contributed by atoms with E-state index in [-0.39, 0.29) is 24.1 Å². The summed E-state index contributed by atoms with van der Waals surface area (Å²) in [5.74, 6) is 0.217. The summed E-state index contributed by atoms with van der Waals surface area (Å²) < 4.78 is 5.56. The topological polar surface area (TPSA) is 83.6 Å². The molecule has 0 atom stereocenters. The molecular formula is C14H20N4O3. The minimum atomic E-state index is -0.239. The third-order valence-electron chi connectivity index (χ3n) is 3.08.